The van der Waals surface area contributed by atoms with E-state index in [4.69, 9.17) is 0 Å². The zero-order valence-corrected chi connectivity index (χ0v) is 22.0. The molecule has 1 aliphatic rings. The zero-order valence-electron chi connectivity index (χ0n) is 19.5. The maximum atomic E-state index is 13.5. The molecule has 180 valence electrons. The quantitative estimate of drug-likeness (QED) is 0.329. The Morgan fingerprint density at radius 3 is 2.79 bits per heavy atom. The van der Waals surface area contributed by atoms with Crippen molar-refractivity contribution < 1.29 is 9.32 Å². The molecule has 0 saturated carbocycles. The van der Waals surface area contributed by atoms with Crippen LogP contribution in [0.1, 0.15) is 39.2 Å². The Bertz CT molecular complexity index is 1310. The maximum Gasteiger partial charge on any atom is 0.279 e. The first-order chi connectivity index (χ1) is 16.2. The van der Waals surface area contributed by atoms with Gasteiger partial charge in [0.15, 0.2) is 5.75 Å². The number of thiophene rings is 1. The molecule has 1 aliphatic heterocycles. The van der Waals surface area contributed by atoms with Crippen molar-refractivity contribution in [1.82, 2.24) is 9.78 Å². The summed E-state index contributed by atoms with van der Waals surface area (Å²) in [5.41, 5.74) is 1.86. The van der Waals surface area contributed by atoms with Gasteiger partial charge < -0.3 is 15.1 Å². The number of benzene rings is 1. The van der Waals surface area contributed by atoms with Crippen LogP contribution in [0.15, 0.2) is 50.8 Å². The van der Waals surface area contributed by atoms with Crippen molar-refractivity contribution in [2.75, 3.05) is 16.3 Å². The molecule has 0 spiro atoms. The zero-order chi connectivity index (χ0) is 24.5. The number of aryl methyl sites for hydroxylation is 1. The minimum absolute atomic E-state index is 0.0492. The Kier molecular flexibility index (Phi) is 7.20. The fourth-order valence-electron chi connectivity index (χ4n) is 3.56. The first-order valence-electron chi connectivity index (χ1n) is 10.9. The lowest BCUT2D eigenvalue weighted by Gasteiger charge is -2.24. The van der Waals surface area contributed by atoms with Crippen molar-refractivity contribution in [3.63, 3.8) is 0 Å². The van der Waals surface area contributed by atoms with Gasteiger partial charge in [-0.1, -0.05) is 45.2 Å². The number of hydrogen-bond acceptors (Lipinski definition) is 8. The Labute approximate surface area is 209 Å². The lowest BCUT2D eigenvalue weighted by Crippen LogP contribution is -2.30. The summed E-state index contributed by atoms with van der Waals surface area (Å²) in [6, 6.07) is 9.24. The summed E-state index contributed by atoms with van der Waals surface area (Å²) in [5.74, 6) is -0.210. The summed E-state index contributed by atoms with van der Waals surface area (Å²) in [6.07, 6.45) is 3.65. The van der Waals surface area contributed by atoms with Crippen LogP contribution in [0.2, 0.25) is 0 Å². The van der Waals surface area contributed by atoms with E-state index in [0.717, 1.165) is 23.4 Å². The summed E-state index contributed by atoms with van der Waals surface area (Å²) in [4.78, 5) is 14.9. The Morgan fingerprint density at radius 2 is 2.12 bits per heavy atom. The highest BCUT2D eigenvalue weighted by atomic mass is 32.2. The molecule has 3 N–H and O–H groups in total. The molecule has 0 bridgehead atoms. The van der Waals surface area contributed by atoms with Crippen molar-refractivity contribution in [3.05, 3.63) is 57.0 Å². The molecule has 0 aliphatic carbocycles. The van der Waals surface area contributed by atoms with E-state index in [1.54, 1.807) is 0 Å². The van der Waals surface area contributed by atoms with Gasteiger partial charge in [0.1, 0.15) is 11.3 Å². The Morgan fingerprint density at radius 1 is 1.32 bits per heavy atom. The molecule has 7 nitrogen and oxygen atoms in total. The van der Waals surface area contributed by atoms with Crippen LogP contribution in [-0.2, 0) is 17.3 Å². The molecular weight excluding hydrogens is 488 g/mol. The van der Waals surface area contributed by atoms with Gasteiger partial charge in [0.2, 0.25) is 0 Å². The van der Waals surface area contributed by atoms with E-state index in [1.165, 1.54) is 33.4 Å². The summed E-state index contributed by atoms with van der Waals surface area (Å²) in [5, 5.41) is 22.3. The average molecular weight is 517 g/mol. The van der Waals surface area contributed by atoms with E-state index < -0.39 is 16.4 Å². The SMILES string of the molecule is CCC(C)(C)CCn1nc(-c2cccs2)c(O)c(C2=CS(=O)c3cc(NSC)ccc3N2)c1=O. The van der Waals surface area contributed by atoms with Gasteiger partial charge in [-0.05, 0) is 41.5 Å². The van der Waals surface area contributed by atoms with Crippen molar-refractivity contribution in [2.24, 2.45) is 5.41 Å². The minimum Gasteiger partial charge on any atom is -0.505 e. The molecular formula is C24H28N4O3S3. The average Bonchev–Trinajstić information content (AvgIpc) is 3.34. The van der Waals surface area contributed by atoms with Gasteiger partial charge in [-0.3, -0.25) is 4.79 Å². The van der Waals surface area contributed by atoms with E-state index in [2.05, 4.69) is 35.9 Å². The molecule has 0 saturated heterocycles. The summed E-state index contributed by atoms with van der Waals surface area (Å²) in [6.45, 7) is 6.86. The van der Waals surface area contributed by atoms with Crippen molar-refractivity contribution in [2.45, 2.75) is 45.1 Å². The van der Waals surface area contributed by atoms with E-state index >= 15 is 0 Å². The molecule has 2 aromatic heterocycles. The lowest BCUT2D eigenvalue weighted by atomic mass is 9.86. The number of hydrogen-bond donors (Lipinski definition) is 3. The normalized spacial score (nSPS) is 15.4. The second kappa shape index (κ2) is 9.97. The third kappa shape index (κ3) is 4.94. The summed E-state index contributed by atoms with van der Waals surface area (Å²) in [7, 11) is -1.50. The summed E-state index contributed by atoms with van der Waals surface area (Å²) < 4.78 is 17.7. The van der Waals surface area contributed by atoms with Crippen molar-refractivity contribution >= 4 is 51.2 Å². The highest BCUT2D eigenvalue weighted by molar-refractivity contribution is 7.99. The third-order valence-corrected chi connectivity index (χ3v) is 8.56. The van der Waals surface area contributed by atoms with E-state index in [9.17, 15) is 14.1 Å². The number of nitrogens with one attached hydrogen (secondary N) is 2. The molecule has 1 atom stereocenters. The van der Waals surface area contributed by atoms with Crippen LogP contribution in [0, 0.1) is 5.41 Å². The molecule has 1 aromatic carbocycles. The highest BCUT2D eigenvalue weighted by Crippen LogP contribution is 2.38. The van der Waals surface area contributed by atoms with Crippen LogP contribution in [0.3, 0.4) is 0 Å². The first-order valence-corrected chi connectivity index (χ1v) is 14.3. The number of anilines is 2. The largest absolute Gasteiger partial charge is 0.505 e. The van der Waals surface area contributed by atoms with Crippen molar-refractivity contribution in [1.29, 1.82) is 0 Å². The van der Waals surface area contributed by atoms with Gasteiger partial charge in [0.05, 0.1) is 32.0 Å². The van der Waals surface area contributed by atoms with Gasteiger partial charge >= 0.3 is 0 Å². The van der Waals surface area contributed by atoms with Crippen LogP contribution in [0.5, 0.6) is 5.75 Å². The first kappa shape index (κ1) is 24.6. The molecule has 4 rings (SSSR count). The Balaban J connectivity index is 1.81. The van der Waals surface area contributed by atoms with Crippen LogP contribution >= 0.6 is 23.3 Å². The monoisotopic (exact) mass is 516 g/mol. The topological polar surface area (TPSA) is 96.2 Å². The van der Waals surface area contributed by atoms with Gasteiger partial charge in [0, 0.05) is 23.9 Å². The fraction of sp³-hybridized carbons (Fsp3) is 0.333. The van der Waals surface area contributed by atoms with Crippen LogP contribution < -0.4 is 15.6 Å². The molecule has 1 unspecified atom stereocenters. The smallest absolute Gasteiger partial charge is 0.279 e. The van der Waals surface area contributed by atoms with Crippen LogP contribution in [0.25, 0.3) is 16.3 Å². The van der Waals surface area contributed by atoms with Gasteiger partial charge in [-0.25, -0.2) is 8.89 Å². The second-order valence-electron chi connectivity index (χ2n) is 8.82. The molecule has 0 amide bonds. The van der Waals surface area contributed by atoms with Crippen LogP contribution in [0.4, 0.5) is 11.4 Å². The second-order valence-corrected chi connectivity index (χ2v) is 11.6. The molecule has 34 heavy (non-hydrogen) atoms. The molecule has 3 heterocycles. The standard InChI is InChI=1S/C24H28N4O3S3/c1-5-24(2,3)10-11-28-23(30)20(22(29)21(26-28)18-7-6-12-33-18)17-14-34(31)19-13-15(27-32-4)8-9-16(19)25-17/h6-9,12-14,25,27,29H,5,10-11H2,1-4H3. The lowest BCUT2D eigenvalue weighted by molar-refractivity contribution is 0.291. The van der Waals surface area contributed by atoms with Gasteiger partial charge in [0.25, 0.3) is 5.56 Å². The van der Waals surface area contributed by atoms with Gasteiger partial charge in [-0.2, -0.15) is 5.10 Å². The van der Waals surface area contributed by atoms with E-state index in [0.29, 0.717) is 28.5 Å². The van der Waals surface area contributed by atoms with Crippen molar-refractivity contribution in [3.8, 4) is 16.3 Å². The predicted octanol–water partition coefficient (Wildman–Crippen LogP) is 5.73. The Hall–Kier alpha value is -2.56. The molecule has 10 heteroatoms. The maximum absolute atomic E-state index is 13.5. The third-order valence-electron chi connectivity index (χ3n) is 6.02. The highest BCUT2D eigenvalue weighted by Gasteiger charge is 2.27. The number of nitrogens with zero attached hydrogens (tertiary/aromatic N) is 2. The molecule has 3 aromatic rings. The van der Waals surface area contributed by atoms with Crippen LogP contribution in [-0.4, -0.2) is 25.4 Å². The summed E-state index contributed by atoms with van der Waals surface area (Å²) >= 11 is 2.89. The number of fused-ring (bicyclic) bond motifs is 1. The van der Waals surface area contributed by atoms with E-state index in [-0.39, 0.29) is 16.7 Å². The molecule has 0 fully saturated rings. The number of rotatable bonds is 8. The fourth-order valence-corrected chi connectivity index (χ4v) is 5.73. The molecule has 0 radical (unpaired) electrons. The number of aromatic hydroxyl groups is 1. The van der Waals surface area contributed by atoms with Gasteiger partial charge in [-0.15, -0.1) is 11.3 Å². The predicted molar refractivity (Wildman–Crippen MR) is 144 cm³/mol. The number of aromatic nitrogens is 2. The van der Waals surface area contributed by atoms with E-state index in [1.807, 2.05) is 42.0 Å². The minimum atomic E-state index is -1.50.